The van der Waals surface area contributed by atoms with E-state index in [1.807, 2.05) is 12.3 Å². The first-order valence-corrected chi connectivity index (χ1v) is 7.53. The highest BCUT2D eigenvalue weighted by atomic mass is 15.2. The molecule has 1 aliphatic carbocycles. The summed E-state index contributed by atoms with van der Waals surface area (Å²) in [5.74, 6) is 0. The Bertz CT molecular complexity index is 364. The van der Waals surface area contributed by atoms with Gasteiger partial charge in [-0.15, -0.1) is 0 Å². The first-order valence-electron chi connectivity index (χ1n) is 7.53. The lowest BCUT2D eigenvalue weighted by Crippen LogP contribution is -2.52. The van der Waals surface area contributed by atoms with Gasteiger partial charge in [0, 0.05) is 30.9 Å². The lowest BCUT2D eigenvalue weighted by atomic mass is 9.88. The molecule has 1 fully saturated rings. The van der Waals surface area contributed by atoms with Gasteiger partial charge in [-0.05, 0) is 45.9 Å². The van der Waals surface area contributed by atoms with Gasteiger partial charge < -0.3 is 5.32 Å². The molecular formula is C16H27N3. The van der Waals surface area contributed by atoms with E-state index in [0.29, 0.717) is 18.1 Å². The predicted molar refractivity (Wildman–Crippen MR) is 80.0 cm³/mol. The molecule has 0 bridgehead atoms. The van der Waals surface area contributed by atoms with Crippen molar-refractivity contribution in [1.29, 1.82) is 0 Å². The monoisotopic (exact) mass is 261 g/mol. The van der Waals surface area contributed by atoms with Crippen LogP contribution in [0.4, 0.5) is 0 Å². The number of likely N-dealkylation sites (N-methyl/N-ethyl adjacent to an activating group) is 1. The minimum absolute atomic E-state index is 0.600. The van der Waals surface area contributed by atoms with Crippen LogP contribution < -0.4 is 5.32 Å². The summed E-state index contributed by atoms with van der Waals surface area (Å²) >= 11 is 0. The third-order valence-corrected chi connectivity index (χ3v) is 4.34. The van der Waals surface area contributed by atoms with Crippen molar-refractivity contribution in [3.63, 3.8) is 0 Å². The third kappa shape index (κ3) is 4.02. The summed E-state index contributed by atoms with van der Waals surface area (Å²) in [5.41, 5.74) is 1.14. The molecule has 3 nitrogen and oxygen atoms in total. The van der Waals surface area contributed by atoms with Crippen LogP contribution in [0.25, 0.3) is 0 Å². The fourth-order valence-corrected chi connectivity index (χ4v) is 2.96. The Kier molecular flexibility index (Phi) is 5.34. The van der Waals surface area contributed by atoms with Crippen molar-refractivity contribution in [3.8, 4) is 0 Å². The number of hydrogen-bond acceptors (Lipinski definition) is 3. The van der Waals surface area contributed by atoms with Crippen LogP contribution in [0.3, 0.4) is 0 Å². The summed E-state index contributed by atoms with van der Waals surface area (Å²) in [7, 11) is 2.26. The molecule has 1 heterocycles. The van der Waals surface area contributed by atoms with Gasteiger partial charge in [-0.25, -0.2) is 0 Å². The summed E-state index contributed by atoms with van der Waals surface area (Å²) in [6.07, 6.45) is 7.19. The Morgan fingerprint density at radius 2 is 2.11 bits per heavy atom. The maximum absolute atomic E-state index is 4.39. The number of pyridine rings is 1. The zero-order valence-corrected chi connectivity index (χ0v) is 12.5. The van der Waals surface area contributed by atoms with Gasteiger partial charge in [0.05, 0.1) is 5.69 Å². The van der Waals surface area contributed by atoms with E-state index in [0.717, 1.165) is 12.2 Å². The number of hydrogen-bond donors (Lipinski definition) is 1. The van der Waals surface area contributed by atoms with E-state index in [-0.39, 0.29) is 0 Å². The lowest BCUT2D eigenvalue weighted by Gasteiger charge is -2.40. The maximum atomic E-state index is 4.39. The van der Waals surface area contributed by atoms with Crippen LogP contribution in [0.5, 0.6) is 0 Å². The zero-order valence-electron chi connectivity index (χ0n) is 12.5. The second-order valence-corrected chi connectivity index (χ2v) is 5.92. The van der Waals surface area contributed by atoms with Crippen LogP contribution in [0.2, 0.25) is 0 Å². The second-order valence-electron chi connectivity index (χ2n) is 5.92. The van der Waals surface area contributed by atoms with E-state index in [1.165, 1.54) is 25.7 Å². The molecule has 2 unspecified atom stereocenters. The van der Waals surface area contributed by atoms with Crippen LogP contribution in [-0.4, -0.2) is 35.1 Å². The van der Waals surface area contributed by atoms with E-state index in [1.54, 1.807) is 0 Å². The van der Waals surface area contributed by atoms with Gasteiger partial charge in [0.2, 0.25) is 0 Å². The molecule has 2 atom stereocenters. The van der Waals surface area contributed by atoms with Crippen LogP contribution in [-0.2, 0) is 6.54 Å². The van der Waals surface area contributed by atoms with Crippen molar-refractivity contribution in [2.24, 2.45) is 0 Å². The van der Waals surface area contributed by atoms with Gasteiger partial charge in [-0.2, -0.15) is 0 Å². The van der Waals surface area contributed by atoms with Crippen molar-refractivity contribution in [3.05, 3.63) is 30.1 Å². The Hall–Kier alpha value is -0.930. The Labute approximate surface area is 117 Å². The molecular weight excluding hydrogens is 234 g/mol. The fraction of sp³-hybridized carbons (Fsp3) is 0.688. The van der Waals surface area contributed by atoms with E-state index >= 15 is 0 Å². The minimum Gasteiger partial charge on any atom is -0.307 e. The quantitative estimate of drug-likeness (QED) is 0.883. The number of nitrogens with one attached hydrogen (secondary N) is 1. The molecule has 0 radical (unpaired) electrons. The van der Waals surface area contributed by atoms with E-state index in [9.17, 15) is 0 Å². The van der Waals surface area contributed by atoms with Crippen molar-refractivity contribution < 1.29 is 0 Å². The van der Waals surface area contributed by atoms with Crippen LogP contribution in [0.1, 0.15) is 45.2 Å². The van der Waals surface area contributed by atoms with Crippen LogP contribution in [0, 0.1) is 0 Å². The maximum Gasteiger partial charge on any atom is 0.0541 e. The molecule has 1 aromatic heterocycles. The summed E-state index contributed by atoms with van der Waals surface area (Å²) in [4.78, 5) is 6.92. The van der Waals surface area contributed by atoms with E-state index in [4.69, 9.17) is 0 Å². The number of rotatable bonds is 5. The molecule has 1 saturated carbocycles. The Morgan fingerprint density at radius 3 is 2.79 bits per heavy atom. The van der Waals surface area contributed by atoms with Gasteiger partial charge in [-0.1, -0.05) is 18.9 Å². The van der Waals surface area contributed by atoms with Crippen LogP contribution in [0.15, 0.2) is 24.4 Å². The number of aromatic nitrogens is 1. The topological polar surface area (TPSA) is 28.2 Å². The van der Waals surface area contributed by atoms with Crippen molar-refractivity contribution in [2.75, 3.05) is 7.05 Å². The average Bonchev–Trinajstić information content (AvgIpc) is 2.45. The van der Waals surface area contributed by atoms with Crippen LogP contribution >= 0.6 is 0 Å². The fourth-order valence-electron chi connectivity index (χ4n) is 2.96. The Morgan fingerprint density at radius 1 is 1.32 bits per heavy atom. The minimum atomic E-state index is 0.600. The molecule has 1 N–H and O–H groups in total. The standard InChI is InChI=1S/C16H27N3/c1-13(2)19(3)16-10-5-4-9-15(16)18-12-14-8-6-7-11-17-14/h6-8,11,13,15-16,18H,4-5,9-10,12H2,1-3H3. The molecule has 0 aromatic carbocycles. The van der Waals surface area contributed by atoms with Gasteiger partial charge >= 0.3 is 0 Å². The van der Waals surface area contributed by atoms with Gasteiger partial charge in [-0.3, -0.25) is 9.88 Å². The molecule has 106 valence electrons. The lowest BCUT2D eigenvalue weighted by molar-refractivity contribution is 0.119. The number of nitrogens with zero attached hydrogens (tertiary/aromatic N) is 2. The highest BCUT2D eigenvalue weighted by Crippen LogP contribution is 2.24. The molecule has 1 aromatic rings. The largest absolute Gasteiger partial charge is 0.307 e. The second kappa shape index (κ2) is 7.01. The summed E-state index contributed by atoms with van der Waals surface area (Å²) in [6.45, 7) is 5.45. The van der Waals surface area contributed by atoms with Crippen molar-refractivity contribution in [1.82, 2.24) is 15.2 Å². The normalized spacial score (nSPS) is 24.1. The first kappa shape index (κ1) is 14.5. The molecule has 2 rings (SSSR count). The highest BCUT2D eigenvalue weighted by Gasteiger charge is 2.28. The van der Waals surface area contributed by atoms with Gasteiger partial charge in [0.25, 0.3) is 0 Å². The average molecular weight is 261 g/mol. The van der Waals surface area contributed by atoms with Gasteiger partial charge in [0.15, 0.2) is 0 Å². The predicted octanol–water partition coefficient (Wildman–Crippen LogP) is 2.82. The molecule has 19 heavy (non-hydrogen) atoms. The van der Waals surface area contributed by atoms with Crippen molar-refractivity contribution >= 4 is 0 Å². The smallest absolute Gasteiger partial charge is 0.0541 e. The summed E-state index contributed by atoms with van der Waals surface area (Å²) in [5, 5.41) is 3.72. The van der Waals surface area contributed by atoms with Gasteiger partial charge in [0.1, 0.15) is 0 Å². The molecule has 3 heteroatoms. The molecule has 1 aliphatic rings. The van der Waals surface area contributed by atoms with Crippen molar-refractivity contribution in [2.45, 2.75) is 64.2 Å². The molecule has 0 amide bonds. The summed E-state index contributed by atoms with van der Waals surface area (Å²) < 4.78 is 0. The molecule has 0 saturated heterocycles. The zero-order chi connectivity index (χ0) is 13.7. The first-order chi connectivity index (χ1) is 9.18. The highest BCUT2D eigenvalue weighted by molar-refractivity contribution is 5.03. The van der Waals surface area contributed by atoms with E-state index < -0.39 is 0 Å². The third-order valence-electron chi connectivity index (χ3n) is 4.34. The SMILES string of the molecule is CC(C)N(C)C1CCCCC1NCc1ccccn1. The Balaban J connectivity index is 1.92. The molecule has 0 aliphatic heterocycles. The van der Waals surface area contributed by atoms with E-state index in [2.05, 4.69) is 48.2 Å². The summed E-state index contributed by atoms with van der Waals surface area (Å²) in [6, 6.07) is 8.00. The molecule has 0 spiro atoms.